The highest BCUT2D eigenvalue weighted by molar-refractivity contribution is 5.78. The Labute approximate surface area is 98.4 Å². The van der Waals surface area contributed by atoms with Crippen LogP contribution in [0.1, 0.15) is 64.2 Å². The van der Waals surface area contributed by atoms with Crippen LogP contribution in [0.2, 0.25) is 0 Å². The van der Waals surface area contributed by atoms with Crippen LogP contribution in [0.5, 0.6) is 0 Å². The molecule has 1 N–H and O–H groups in total. The fourth-order valence-electron chi connectivity index (χ4n) is 3.41. The molecule has 0 aromatic heterocycles. The van der Waals surface area contributed by atoms with Crippen LogP contribution in [0.4, 0.5) is 0 Å². The van der Waals surface area contributed by atoms with Crippen LogP contribution in [-0.2, 0) is 4.79 Å². The zero-order valence-electron chi connectivity index (χ0n) is 10.2. The van der Waals surface area contributed by atoms with Gasteiger partial charge in [-0.15, -0.1) is 0 Å². The van der Waals surface area contributed by atoms with Gasteiger partial charge >= 0.3 is 0 Å². The molecule has 0 saturated heterocycles. The van der Waals surface area contributed by atoms with Gasteiger partial charge in [0.05, 0.1) is 6.10 Å². The maximum atomic E-state index is 11.6. The van der Waals surface area contributed by atoms with Crippen molar-refractivity contribution in [3.05, 3.63) is 0 Å². The molecule has 2 aliphatic rings. The number of hydrogen-bond donors (Lipinski definition) is 1. The van der Waals surface area contributed by atoms with E-state index in [4.69, 9.17) is 0 Å². The highest BCUT2D eigenvalue weighted by Crippen LogP contribution is 2.35. The second-order valence-electron chi connectivity index (χ2n) is 5.67. The van der Waals surface area contributed by atoms with E-state index in [-0.39, 0.29) is 6.10 Å². The van der Waals surface area contributed by atoms with E-state index in [0.717, 1.165) is 44.9 Å². The maximum Gasteiger partial charge on any atom is 0.133 e. The summed E-state index contributed by atoms with van der Waals surface area (Å²) in [4.78, 5) is 11.6. The van der Waals surface area contributed by atoms with Gasteiger partial charge < -0.3 is 5.11 Å². The molecule has 2 fully saturated rings. The molecule has 0 aromatic rings. The Hall–Kier alpha value is -0.370. The minimum atomic E-state index is -0.0773. The van der Waals surface area contributed by atoms with Crippen molar-refractivity contribution < 1.29 is 9.90 Å². The first-order chi connectivity index (χ1) is 7.75. The van der Waals surface area contributed by atoms with Crippen molar-refractivity contribution in [1.82, 2.24) is 0 Å². The number of carbonyl (C=O) groups excluding carboxylic acids is 1. The van der Waals surface area contributed by atoms with Crippen LogP contribution in [0.15, 0.2) is 0 Å². The summed E-state index contributed by atoms with van der Waals surface area (Å²) in [5.41, 5.74) is 0. The third kappa shape index (κ3) is 3.31. The van der Waals surface area contributed by atoms with Gasteiger partial charge in [-0.05, 0) is 43.9 Å². The Kier molecular flexibility index (Phi) is 4.39. The highest BCUT2D eigenvalue weighted by atomic mass is 16.3. The highest BCUT2D eigenvalue weighted by Gasteiger charge is 2.27. The molecule has 2 saturated carbocycles. The first-order valence-electron chi connectivity index (χ1n) is 6.95. The summed E-state index contributed by atoms with van der Waals surface area (Å²) in [7, 11) is 0. The molecule has 2 rings (SSSR count). The van der Waals surface area contributed by atoms with Crippen molar-refractivity contribution in [1.29, 1.82) is 0 Å². The van der Waals surface area contributed by atoms with Gasteiger partial charge in [0.15, 0.2) is 0 Å². The molecule has 16 heavy (non-hydrogen) atoms. The maximum absolute atomic E-state index is 11.6. The number of aliphatic hydroxyl groups excluding tert-OH is 1. The summed E-state index contributed by atoms with van der Waals surface area (Å²) in [6.07, 6.45) is 10.6. The summed E-state index contributed by atoms with van der Waals surface area (Å²) >= 11 is 0. The van der Waals surface area contributed by atoms with E-state index in [9.17, 15) is 9.90 Å². The van der Waals surface area contributed by atoms with Gasteiger partial charge in [-0.2, -0.15) is 0 Å². The smallest absolute Gasteiger partial charge is 0.133 e. The molecule has 0 amide bonds. The number of aliphatic hydroxyl groups is 1. The third-order valence-corrected chi connectivity index (χ3v) is 4.42. The average molecular weight is 224 g/mol. The van der Waals surface area contributed by atoms with E-state index < -0.39 is 0 Å². The number of rotatable bonds is 1. The number of carbonyl (C=O) groups is 1. The molecule has 3 atom stereocenters. The summed E-state index contributed by atoms with van der Waals surface area (Å²) in [5.74, 6) is 1.81. The summed E-state index contributed by atoms with van der Waals surface area (Å²) in [5, 5.41) is 9.65. The van der Waals surface area contributed by atoms with Gasteiger partial charge in [0.2, 0.25) is 0 Å². The molecule has 0 aliphatic heterocycles. The molecule has 2 aliphatic carbocycles. The molecular formula is C14H24O2. The summed E-state index contributed by atoms with van der Waals surface area (Å²) < 4.78 is 0. The molecular weight excluding hydrogens is 200 g/mol. The van der Waals surface area contributed by atoms with Crippen molar-refractivity contribution in [3.8, 4) is 0 Å². The standard InChI is InChI=1S/C14H24O2/c15-13-7-3-5-11(8-9-13)12-4-1-2-6-14(16)10-12/h11-13,15H,1-10H2. The lowest BCUT2D eigenvalue weighted by molar-refractivity contribution is -0.120. The Bertz CT molecular complexity index is 237. The average Bonchev–Trinajstić information content (AvgIpc) is 2.58. The predicted octanol–water partition coefficient (Wildman–Crippen LogP) is 3.08. The molecule has 0 aromatic carbocycles. The van der Waals surface area contributed by atoms with Crippen molar-refractivity contribution in [2.45, 2.75) is 70.3 Å². The number of Topliss-reactive ketones (excluding diaryl/α,β-unsaturated/α-hetero) is 1. The molecule has 92 valence electrons. The third-order valence-electron chi connectivity index (χ3n) is 4.42. The van der Waals surface area contributed by atoms with Crippen molar-refractivity contribution >= 4 is 5.78 Å². The van der Waals surface area contributed by atoms with Crippen LogP contribution >= 0.6 is 0 Å². The first kappa shape index (κ1) is 12.1. The fraction of sp³-hybridized carbons (Fsp3) is 0.929. The lowest BCUT2D eigenvalue weighted by Crippen LogP contribution is -2.17. The molecule has 2 heteroatoms. The first-order valence-corrected chi connectivity index (χ1v) is 6.95. The van der Waals surface area contributed by atoms with E-state index in [1.165, 1.54) is 19.3 Å². The van der Waals surface area contributed by atoms with Crippen LogP contribution in [0.25, 0.3) is 0 Å². The second kappa shape index (κ2) is 5.81. The van der Waals surface area contributed by atoms with Crippen LogP contribution in [0, 0.1) is 11.8 Å². The van der Waals surface area contributed by atoms with Gasteiger partial charge in [-0.25, -0.2) is 0 Å². The Morgan fingerprint density at radius 3 is 2.56 bits per heavy atom. The monoisotopic (exact) mass is 224 g/mol. The van der Waals surface area contributed by atoms with Crippen LogP contribution in [0.3, 0.4) is 0 Å². The zero-order chi connectivity index (χ0) is 11.4. The summed E-state index contributed by atoms with van der Waals surface area (Å²) in [6.45, 7) is 0. The SMILES string of the molecule is O=C1CCCCC(C2CCCC(O)CC2)C1. The largest absolute Gasteiger partial charge is 0.393 e. The van der Waals surface area contributed by atoms with Crippen LogP contribution < -0.4 is 0 Å². The minimum Gasteiger partial charge on any atom is -0.393 e. The van der Waals surface area contributed by atoms with Gasteiger partial charge in [0.25, 0.3) is 0 Å². The second-order valence-corrected chi connectivity index (χ2v) is 5.67. The Balaban J connectivity index is 1.91. The molecule has 0 bridgehead atoms. The van der Waals surface area contributed by atoms with Crippen molar-refractivity contribution in [2.75, 3.05) is 0 Å². The molecule has 2 nitrogen and oxygen atoms in total. The van der Waals surface area contributed by atoms with E-state index >= 15 is 0 Å². The Morgan fingerprint density at radius 1 is 0.875 bits per heavy atom. The number of hydrogen-bond acceptors (Lipinski definition) is 2. The predicted molar refractivity (Wildman–Crippen MR) is 64.2 cm³/mol. The van der Waals surface area contributed by atoms with Gasteiger partial charge in [0.1, 0.15) is 5.78 Å². The fourth-order valence-corrected chi connectivity index (χ4v) is 3.41. The quantitative estimate of drug-likeness (QED) is 0.695. The molecule has 3 unspecified atom stereocenters. The zero-order valence-corrected chi connectivity index (χ0v) is 10.2. The molecule has 0 heterocycles. The van der Waals surface area contributed by atoms with E-state index in [2.05, 4.69) is 0 Å². The van der Waals surface area contributed by atoms with Crippen molar-refractivity contribution in [2.24, 2.45) is 11.8 Å². The van der Waals surface area contributed by atoms with E-state index in [0.29, 0.717) is 17.6 Å². The lowest BCUT2D eigenvalue weighted by Gasteiger charge is -2.24. The Morgan fingerprint density at radius 2 is 1.69 bits per heavy atom. The molecule has 0 radical (unpaired) electrons. The minimum absolute atomic E-state index is 0.0773. The number of ketones is 1. The van der Waals surface area contributed by atoms with E-state index in [1.807, 2.05) is 0 Å². The lowest BCUT2D eigenvalue weighted by atomic mass is 9.81. The van der Waals surface area contributed by atoms with Gasteiger partial charge in [-0.1, -0.05) is 19.3 Å². The van der Waals surface area contributed by atoms with Gasteiger partial charge in [0, 0.05) is 12.8 Å². The summed E-state index contributed by atoms with van der Waals surface area (Å²) in [6, 6.07) is 0. The topological polar surface area (TPSA) is 37.3 Å². The van der Waals surface area contributed by atoms with Crippen molar-refractivity contribution in [3.63, 3.8) is 0 Å². The van der Waals surface area contributed by atoms with E-state index in [1.54, 1.807) is 0 Å². The normalized spacial score (nSPS) is 37.8. The van der Waals surface area contributed by atoms with Crippen LogP contribution in [-0.4, -0.2) is 17.0 Å². The van der Waals surface area contributed by atoms with Gasteiger partial charge in [-0.3, -0.25) is 4.79 Å². The molecule has 0 spiro atoms.